The summed E-state index contributed by atoms with van der Waals surface area (Å²) >= 11 is 6.75. The highest BCUT2D eigenvalue weighted by Crippen LogP contribution is 2.25. The van der Waals surface area contributed by atoms with Crippen molar-refractivity contribution in [3.8, 4) is 0 Å². The molecule has 0 spiro atoms. The molecule has 0 bridgehead atoms. The van der Waals surface area contributed by atoms with Gasteiger partial charge in [-0.25, -0.2) is 4.21 Å². The van der Waals surface area contributed by atoms with E-state index < -0.39 is 46.2 Å². The SMILES string of the molecule is CC(C)C[C@H](N)C(=O)N=S(=O)(NC(=O)[C@@H](N)CC(=O)O)c1cc(Cl)cs1. The topological polar surface area (TPSA) is 165 Å². The fourth-order valence-corrected chi connectivity index (χ4v) is 4.96. The van der Waals surface area contributed by atoms with Crippen molar-refractivity contribution in [2.75, 3.05) is 0 Å². The van der Waals surface area contributed by atoms with E-state index in [1.807, 2.05) is 13.8 Å². The van der Waals surface area contributed by atoms with Gasteiger partial charge in [-0.05, 0) is 18.4 Å². The number of carboxylic acid groups (broad SMARTS) is 1. The number of hydrogen-bond acceptors (Lipinski definition) is 7. The Kier molecular flexibility index (Phi) is 8.15. The smallest absolute Gasteiger partial charge is 0.305 e. The predicted octanol–water partition coefficient (Wildman–Crippen LogP) is 0.962. The molecule has 12 heteroatoms. The van der Waals surface area contributed by atoms with E-state index in [-0.39, 0.29) is 15.1 Å². The van der Waals surface area contributed by atoms with Crippen molar-refractivity contribution in [3.63, 3.8) is 0 Å². The van der Waals surface area contributed by atoms with Crippen molar-refractivity contribution in [1.82, 2.24) is 4.72 Å². The fourth-order valence-electron chi connectivity index (χ4n) is 1.85. The van der Waals surface area contributed by atoms with E-state index in [4.69, 9.17) is 28.2 Å². The van der Waals surface area contributed by atoms with Gasteiger partial charge in [0.1, 0.15) is 4.21 Å². The number of thiophene rings is 1. The van der Waals surface area contributed by atoms with Gasteiger partial charge in [0.25, 0.3) is 5.91 Å². The molecule has 0 radical (unpaired) electrons. The summed E-state index contributed by atoms with van der Waals surface area (Å²) in [5, 5.41) is 10.4. The molecule has 2 amide bonds. The first kappa shape index (κ1) is 22.5. The molecule has 1 unspecified atom stereocenters. The summed E-state index contributed by atoms with van der Waals surface area (Å²) in [6.07, 6.45) is -0.358. The van der Waals surface area contributed by atoms with Gasteiger partial charge in [0.2, 0.25) is 5.91 Å². The molecule has 0 aliphatic rings. The Morgan fingerprint density at radius 3 is 2.42 bits per heavy atom. The Labute approximate surface area is 160 Å². The zero-order chi connectivity index (χ0) is 20.1. The number of aliphatic carboxylic acids is 1. The summed E-state index contributed by atoms with van der Waals surface area (Å²) in [5.41, 5.74) is 11.2. The van der Waals surface area contributed by atoms with Crippen LogP contribution in [0.25, 0.3) is 0 Å². The van der Waals surface area contributed by atoms with E-state index in [1.165, 1.54) is 11.4 Å². The Bertz CT molecular complexity index is 801. The zero-order valence-corrected chi connectivity index (χ0v) is 16.6. The molecule has 0 aliphatic heterocycles. The van der Waals surface area contributed by atoms with E-state index in [1.54, 1.807) is 0 Å². The van der Waals surface area contributed by atoms with Gasteiger partial charge in [-0.1, -0.05) is 25.4 Å². The standard InChI is InChI=1S/C14H21ClN4O5S2/c1-7(2)3-9(16)13(22)18-26(24,12-4-8(15)6-25-12)19-14(23)10(17)5-11(20)21/h4,6-7,9-10H,3,5,16-17H2,1-2H3,(H,20,21)(H,18,19,22,23,24)/t9-,10-,26?/m0/s1. The second-order valence-electron chi connectivity index (χ2n) is 5.95. The average molecular weight is 425 g/mol. The van der Waals surface area contributed by atoms with Gasteiger partial charge in [-0.15, -0.1) is 15.7 Å². The monoisotopic (exact) mass is 424 g/mol. The maximum Gasteiger partial charge on any atom is 0.305 e. The van der Waals surface area contributed by atoms with Gasteiger partial charge in [-0.2, -0.15) is 0 Å². The van der Waals surface area contributed by atoms with Crippen LogP contribution < -0.4 is 16.2 Å². The lowest BCUT2D eigenvalue weighted by atomic mass is 10.0. The highest BCUT2D eigenvalue weighted by Gasteiger charge is 2.26. The van der Waals surface area contributed by atoms with Crippen LogP contribution in [0.3, 0.4) is 0 Å². The van der Waals surface area contributed by atoms with Crippen LogP contribution in [0.4, 0.5) is 0 Å². The molecule has 0 aliphatic carbocycles. The molecule has 0 saturated carbocycles. The van der Waals surface area contributed by atoms with Crippen LogP contribution in [0, 0.1) is 5.92 Å². The Morgan fingerprint density at radius 1 is 1.35 bits per heavy atom. The third-order valence-corrected chi connectivity index (χ3v) is 6.66. The molecular weight excluding hydrogens is 404 g/mol. The van der Waals surface area contributed by atoms with Gasteiger partial charge in [0.05, 0.1) is 23.5 Å². The average Bonchev–Trinajstić information content (AvgIpc) is 2.92. The number of halogens is 1. The third-order valence-electron chi connectivity index (χ3n) is 3.05. The van der Waals surface area contributed by atoms with Crippen LogP contribution in [0.1, 0.15) is 26.7 Å². The molecule has 1 heterocycles. The minimum absolute atomic E-state index is 0.0310. The lowest BCUT2D eigenvalue weighted by Gasteiger charge is -2.15. The van der Waals surface area contributed by atoms with Gasteiger partial charge in [-0.3, -0.25) is 19.1 Å². The minimum atomic E-state index is -3.75. The van der Waals surface area contributed by atoms with E-state index in [2.05, 4.69) is 9.08 Å². The normalized spacial score (nSPS) is 15.8. The molecular formula is C14H21ClN4O5S2. The summed E-state index contributed by atoms with van der Waals surface area (Å²) < 4.78 is 18.9. The summed E-state index contributed by atoms with van der Waals surface area (Å²) in [7, 11) is -3.75. The second kappa shape index (κ2) is 9.42. The zero-order valence-electron chi connectivity index (χ0n) is 14.2. The highest BCUT2D eigenvalue weighted by atomic mass is 35.5. The number of hydrogen-bond donors (Lipinski definition) is 4. The molecule has 0 aromatic carbocycles. The molecule has 6 N–H and O–H groups in total. The number of nitrogens with one attached hydrogen (secondary N) is 1. The number of carboxylic acids is 1. The van der Waals surface area contributed by atoms with E-state index in [0.29, 0.717) is 6.42 Å². The first-order chi connectivity index (χ1) is 11.9. The molecule has 146 valence electrons. The predicted molar refractivity (Wildman–Crippen MR) is 99.0 cm³/mol. The van der Waals surface area contributed by atoms with Crippen molar-refractivity contribution < 1.29 is 23.7 Å². The number of carbonyl (C=O) groups is 3. The molecule has 9 nitrogen and oxygen atoms in total. The Hall–Kier alpha value is -1.53. The number of amides is 2. The minimum Gasteiger partial charge on any atom is -0.481 e. The highest BCUT2D eigenvalue weighted by molar-refractivity contribution is 7.94. The van der Waals surface area contributed by atoms with Crippen molar-refractivity contribution in [2.24, 2.45) is 21.7 Å². The second-order valence-corrected chi connectivity index (χ2v) is 9.43. The van der Waals surface area contributed by atoms with Crippen molar-refractivity contribution in [3.05, 3.63) is 16.5 Å². The Morgan fingerprint density at radius 2 is 1.96 bits per heavy atom. The van der Waals surface area contributed by atoms with Crippen molar-refractivity contribution in [1.29, 1.82) is 0 Å². The molecule has 3 atom stereocenters. The van der Waals surface area contributed by atoms with Gasteiger partial charge in [0.15, 0.2) is 9.92 Å². The third kappa shape index (κ3) is 6.65. The maximum atomic E-state index is 13.2. The summed E-state index contributed by atoms with van der Waals surface area (Å²) in [5.74, 6) is -3.06. The van der Waals surface area contributed by atoms with Crippen LogP contribution in [-0.4, -0.2) is 39.2 Å². The maximum absolute atomic E-state index is 13.2. The molecule has 0 fully saturated rings. The van der Waals surface area contributed by atoms with Gasteiger partial charge >= 0.3 is 5.97 Å². The van der Waals surface area contributed by atoms with Crippen molar-refractivity contribution >= 4 is 50.6 Å². The van der Waals surface area contributed by atoms with Gasteiger partial charge < -0.3 is 16.6 Å². The van der Waals surface area contributed by atoms with Crippen LogP contribution in [0.2, 0.25) is 5.02 Å². The lowest BCUT2D eigenvalue weighted by Crippen LogP contribution is -2.44. The molecule has 0 saturated heterocycles. The summed E-state index contributed by atoms with van der Waals surface area (Å²) in [4.78, 5) is 35.0. The molecule has 1 aromatic rings. The molecule has 1 aromatic heterocycles. The molecule has 26 heavy (non-hydrogen) atoms. The molecule has 1 rings (SSSR count). The summed E-state index contributed by atoms with van der Waals surface area (Å²) in [6.45, 7) is 3.71. The number of nitrogens with zero attached hydrogens (tertiary/aromatic N) is 1. The van der Waals surface area contributed by atoms with Crippen LogP contribution in [0.5, 0.6) is 0 Å². The summed E-state index contributed by atoms with van der Waals surface area (Å²) in [6, 6.07) is -1.16. The first-order valence-electron chi connectivity index (χ1n) is 7.54. The van der Waals surface area contributed by atoms with Crippen molar-refractivity contribution in [2.45, 2.75) is 43.0 Å². The first-order valence-corrected chi connectivity index (χ1v) is 10.3. The van der Waals surface area contributed by atoms with E-state index in [0.717, 1.165) is 11.3 Å². The van der Waals surface area contributed by atoms with Crippen LogP contribution in [0.15, 0.2) is 20.0 Å². The largest absolute Gasteiger partial charge is 0.481 e. The van der Waals surface area contributed by atoms with E-state index in [9.17, 15) is 18.6 Å². The van der Waals surface area contributed by atoms with Gasteiger partial charge in [0, 0.05) is 5.38 Å². The van der Waals surface area contributed by atoms with Crippen LogP contribution >= 0.6 is 22.9 Å². The quantitative estimate of drug-likeness (QED) is 0.482. The number of nitrogens with two attached hydrogens (primary N) is 2. The van der Waals surface area contributed by atoms with Crippen LogP contribution in [-0.2, 0) is 24.3 Å². The number of rotatable bonds is 8. The number of carbonyl (C=O) groups excluding carboxylic acids is 2. The lowest BCUT2D eigenvalue weighted by molar-refractivity contribution is -0.139. The Balaban J connectivity index is 3.21. The fraction of sp³-hybridized carbons (Fsp3) is 0.500. The van der Waals surface area contributed by atoms with E-state index >= 15 is 0 Å².